The number of nitrogens with one attached hydrogen (secondary N) is 1. The molecule has 1 aromatic heterocycles. The minimum absolute atomic E-state index is 0.106. The van der Waals surface area contributed by atoms with Gasteiger partial charge in [0.1, 0.15) is 5.69 Å². The topological polar surface area (TPSA) is 103 Å². The van der Waals surface area contributed by atoms with Gasteiger partial charge in [0, 0.05) is 11.6 Å². The molecule has 9 heteroatoms. The van der Waals surface area contributed by atoms with Crippen molar-refractivity contribution in [3.63, 3.8) is 0 Å². The summed E-state index contributed by atoms with van der Waals surface area (Å²) >= 11 is 6.87. The Kier molecular flexibility index (Phi) is 6.00. The van der Waals surface area contributed by atoms with Crippen LogP contribution in [-0.4, -0.2) is 33.1 Å². The number of nitrogen functional groups attached to an aromatic ring is 1. The lowest BCUT2D eigenvalue weighted by molar-refractivity contribution is -0.118. The maximum atomic E-state index is 11.8. The number of carbonyl (C=O) groups excluding carboxylic acids is 1. The molecule has 1 heterocycles. The van der Waals surface area contributed by atoms with Crippen molar-refractivity contribution in [2.75, 3.05) is 18.1 Å². The van der Waals surface area contributed by atoms with Gasteiger partial charge in [0.15, 0.2) is 0 Å². The molecule has 1 aromatic carbocycles. The zero-order chi connectivity index (χ0) is 16.8. The number of amides is 1. The predicted octanol–water partition coefficient (Wildman–Crippen LogP) is 0.765. The third-order valence-corrected chi connectivity index (χ3v) is 4.20. The lowest BCUT2D eigenvalue weighted by Gasteiger charge is -2.07. The van der Waals surface area contributed by atoms with Crippen molar-refractivity contribution in [3.05, 3.63) is 50.9 Å². The third-order valence-electron chi connectivity index (χ3n) is 3.00. The van der Waals surface area contributed by atoms with Crippen LogP contribution < -0.4 is 16.7 Å². The zero-order valence-electron chi connectivity index (χ0n) is 12.5. The Hall–Kier alpha value is -2.06. The summed E-state index contributed by atoms with van der Waals surface area (Å²) in [5.74, 6) is 5.53. The van der Waals surface area contributed by atoms with Gasteiger partial charge >= 0.3 is 0 Å². The first-order valence-corrected chi connectivity index (χ1v) is 8.19. The molecule has 0 saturated heterocycles. The van der Waals surface area contributed by atoms with E-state index in [0.717, 1.165) is 22.0 Å². The zero-order valence-corrected chi connectivity index (χ0v) is 14.0. The summed E-state index contributed by atoms with van der Waals surface area (Å²) in [5.41, 5.74) is 0.873. The maximum absolute atomic E-state index is 11.8. The fourth-order valence-corrected chi connectivity index (χ4v) is 2.56. The molecule has 0 aliphatic heterocycles. The Morgan fingerprint density at radius 1 is 1.35 bits per heavy atom. The second-order valence-electron chi connectivity index (χ2n) is 4.76. The molecular weight excluding hydrogens is 338 g/mol. The fraction of sp³-hybridized carbons (Fsp3) is 0.286. The average Bonchev–Trinajstić information content (AvgIpc) is 2.54. The highest BCUT2D eigenvalue weighted by atomic mass is 35.5. The largest absolute Gasteiger partial charge is 0.355 e. The van der Waals surface area contributed by atoms with Crippen LogP contribution in [0.3, 0.4) is 0 Å². The quantitative estimate of drug-likeness (QED) is 0.587. The summed E-state index contributed by atoms with van der Waals surface area (Å²) in [4.78, 5) is 23.4. The van der Waals surface area contributed by atoms with Crippen molar-refractivity contribution in [1.82, 2.24) is 20.2 Å². The first kappa shape index (κ1) is 17.3. The molecule has 0 fully saturated rings. The van der Waals surface area contributed by atoms with E-state index in [2.05, 4.69) is 15.5 Å². The van der Waals surface area contributed by atoms with E-state index in [9.17, 15) is 9.59 Å². The number of carbonyl (C=O) groups is 1. The minimum atomic E-state index is -0.425. The molecule has 0 atom stereocenters. The van der Waals surface area contributed by atoms with E-state index in [1.165, 1.54) is 6.92 Å². The number of hydrogen-bond donors (Lipinski definition) is 2. The van der Waals surface area contributed by atoms with Gasteiger partial charge < -0.3 is 11.2 Å². The molecular formula is C14H16ClN5O2S. The predicted molar refractivity (Wildman–Crippen MR) is 90.1 cm³/mol. The summed E-state index contributed by atoms with van der Waals surface area (Å²) in [5, 5.41) is 11.2. The molecule has 0 bridgehead atoms. The van der Waals surface area contributed by atoms with Gasteiger partial charge in [-0.05, 0) is 31.0 Å². The standard InChI is InChI=1S/C14H16ClN5O2S/c1-9-13(22)20(16)14(19-18-9)23-8-12(21)17-7-6-10-2-4-11(15)5-3-10/h2-5H,6-8,16H2,1H3,(H,17,21). The lowest BCUT2D eigenvalue weighted by atomic mass is 10.1. The molecule has 0 radical (unpaired) electrons. The van der Waals surface area contributed by atoms with Crippen molar-refractivity contribution in [2.24, 2.45) is 0 Å². The van der Waals surface area contributed by atoms with Gasteiger partial charge in [0.2, 0.25) is 11.1 Å². The van der Waals surface area contributed by atoms with Crippen molar-refractivity contribution in [1.29, 1.82) is 0 Å². The molecule has 0 aliphatic rings. The number of nitrogens with zero attached hydrogens (tertiary/aromatic N) is 3. The van der Waals surface area contributed by atoms with E-state index >= 15 is 0 Å². The molecule has 1 amide bonds. The van der Waals surface area contributed by atoms with Gasteiger partial charge in [-0.15, -0.1) is 10.2 Å². The molecule has 0 aliphatic carbocycles. The number of benzene rings is 1. The fourth-order valence-electron chi connectivity index (χ4n) is 1.75. The summed E-state index contributed by atoms with van der Waals surface area (Å²) in [6, 6.07) is 7.45. The Labute approximate surface area is 142 Å². The molecule has 0 unspecified atom stereocenters. The van der Waals surface area contributed by atoms with E-state index in [4.69, 9.17) is 17.4 Å². The third kappa shape index (κ3) is 4.97. The van der Waals surface area contributed by atoms with Crippen LogP contribution in [0.4, 0.5) is 0 Å². The van der Waals surface area contributed by atoms with E-state index in [0.29, 0.717) is 18.0 Å². The van der Waals surface area contributed by atoms with E-state index < -0.39 is 5.56 Å². The van der Waals surface area contributed by atoms with Crippen LogP contribution >= 0.6 is 23.4 Å². The van der Waals surface area contributed by atoms with Crippen molar-refractivity contribution in [2.45, 2.75) is 18.5 Å². The molecule has 0 spiro atoms. The second-order valence-corrected chi connectivity index (χ2v) is 6.14. The van der Waals surface area contributed by atoms with Gasteiger partial charge in [-0.2, -0.15) is 4.68 Å². The van der Waals surface area contributed by atoms with Gasteiger partial charge in [-0.25, -0.2) is 0 Å². The van der Waals surface area contributed by atoms with Crippen LogP contribution in [0.2, 0.25) is 5.02 Å². The maximum Gasteiger partial charge on any atom is 0.294 e. The first-order chi connectivity index (χ1) is 11.0. The lowest BCUT2D eigenvalue weighted by Crippen LogP contribution is -2.33. The average molecular weight is 354 g/mol. The van der Waals surface area contributed by atoms with Crippen molar-refractivity contribution < 1.29 is 4.79 Å². The van der Waals surface area contributed by atoms with Gasteiger partial charge in [0.05, 0.1) is 5.75 Å². The van der Waals surface area contributed by atoms with Crippen molar-refractivity contribution in [3.8, 4) is 0 Å². The summed E-state index contributed by atoms with van der Waals surface area (Å²) in [6.45, 7) is 2.03. The molecule has 2 rings (SSSR count). The van der Waals surface area contributed by atoms with E-state index in [-0.39, 0.29) is 22.5 Å². The van der Waals surface area contributed by atoms with Gasteiger partial charge in [-0.3, -0.25) is 9.59 Å². The monoisotopic (exact) mass is 353 g/mol. The SMILES string of the molecule is Cc1nnc(SCC(=O)NCCc2ccc(Cl)cc2)n(N)c1=O. The second kappa shape index (κ2) is 7.98. The van der Waals surface area contributed by atoms with Crippen LogP contribution in [-0.2, 0) is 11.2 Å². The molecule has 122 valence electrons. The molecule has 3 N–H and O–H groups in total. The number of halogens is 1. The van der Waals surface area contributed by atoms with Gasteiger partial charge in [-0.1, -0.05) is 35.5 Å². The number of hydrogen-bond acceptors (Lipinski definition) is 6. The molecule has 7 nitrogen and oxygen atoms in total. The Morgan fingerprint density at radius 3 is 2.74 bits per heavy atom. The normalized spacial score (nSPS) is 10.5. The highest BCUT2D eigenvalue weighted by molar-refractivity contribution is 7.99. The minimum Gasteiger partial charge on any atom is -0.355 e. The highest BCUT2D eigenvalue weighted by Crippen LogP contribution is 2.11. The Balaban J connectivity index is 1.78. The summed E-state index contributed by atoms with van der Waals surface area (Å²) in [7, 11) is 0. The number of rotatable bonds is 6. The molecule has 0 saturated carbocycles. The van der Waals surface area contributed by atoms with Crippen LogP contribution in [0.5, 0.6) is 0 Å². The smallest absolute Gasteiger partial charge is 0.294 e. The highest BCUT2D eigenvalue weighted by Gasteiger charge is 2.10. The number of nitrogens with two attached hydrogens (primary N) is 1. The van der Waals surface area contributed by atoms with E-state index in [1.807, 2.05) is 24.3 Å². The van der Waals surface area contributed by atoms with Crippen LogP contribution in [0.1, 0.15) is 11.3 Å². The van der Waals surface area contributed by atoms with Crippen LogP contribution in [0.25, 0.3) is 0 Å². The van der Waals surface area contributed by atoms with Crippen LogP contribution in [0.15, 0.2) is 34.2 Å². The Morgan fingerprint density at radius 2 is 2.04 bits per heavy atom. The van der Waals surface area contributed by atoms with Gasteiger partial charge in [0.25, 0.3) is 5.56 Å². The molecule has 2 aromatic rings. The number of aromatic nitrogens is 3. The summed E-state index contributed by atoms with van der Waals surface area (Å²) in [6.07, 6.45) is 0.708. The van der Waals surface area contributed by atoms with Crippen molar-refractivity contribution >= 4 is 29.3 Å². The first-order valence-electron chi connectivity index (χ1n) is 6.82. The number of aryl methyl sites for hydroxylation is 1. The summed E-state index contributed by atoms with van der Waals surface area (Å²) < 4.78 is 0.897. The molecule has 23 heavy (non-hydrogen) atoms. The number of thioether (sulfide) groups is 1. The Bertz CT molecular complexity index is 748. The van der Waals surface area contributed by atoms with E-state index in [1.54, 1.807) is 0 Å². The van der Waals surface area contributed by atoms with Crippen LogP contribution in [0, 0.1) is 6.92 Å².